The van der Waals surface area contributed by atoms with Crippen molar-refractivity contribution in [1.82, 2.24) is 10.2 Å². The number of piperidine rings is 1. The van der Waals surface area contributed by atoms with Crippen LogP contribution in [0.15, 0.2) is 48.5 Å². The lowest BCUT2D eigenvalue weighted by Crippen LogP contribution is -2.45. The van der Waals surface area contributed by atoms with Gasteiger partial charge in [-0.3, -0.25) is 9.59 Å². The van der Waals surface area contributed by atoms with Crippen LogP contribution in [-0.2, 0) is 14.3 Å². The van der Waals surface area contributed by atoms with E-state index in [0.717, 1.165) is 30.4 Å². The van der Waals surface area contributed by atoms with E-state index >= 15 is 0 Å². The van der Waals surface area contributed by atoms with Crippen LogP contribution in [0.3, 0.4) is 0 Å². The Balaban J connectivity index is 1.29. The van der Waals surface area contributed by atoms with Gasteiger partial charge in [0.15, 0.2) is 0 Å². The number of nitrogens with zero attached hydrogens (tertiary/aromatic N) is 1. The highest BCUT2D eigenvalue weighted by Gasteiger charge is 2.30. The molecule has 2 aliphatic rings. The summed E-state index contributed by atoms with van der Waals surface area (Å²) in [6.45, 7) is 2.82. The fraction of sp³-hybridized carbons (Fsp3) is 0.464. The van der Waals surface area contributed by atoms with Crippen LogP contribution < -0.4 is 5.32 Å². The average molecular weight is 479 g/mol. The van der Waals surface area contributed by atoms with Crippen molar-refractivity contribution >= 4 is 18.0 Å². The van der Waals surface area contributed by atoms with E-state index in [4.69, 9.17) is 9.84 Å². The molecular formula is C28H34N2O5. The molecule has 7 nitrogen and oxygen atoms in total. The van der Waals surface area contributed by atoms with Gasteiger partial charge in [-0.15, -0.1) is 0 Å². The molecule has 0 saturated carbocycles. The van der Waals surface area contributed by atoms with Crippen LogP contribution in [0.1, 0.15) is 68.9 Å². The number of carbonyl (C=O) groups is 3. The van der Waals surface area contributed by atoms with Gasteiger partial charge in [-0.1, -0.05) is 55.5 Å². The first kappa shape index (κ1) is 24.8. The second kappa shape index (κ2) is 11.4. The number of hydrogen-bond acceptors (Lipinski definition) is 4. The van der Waals surface area contributed by atoms with Crippen molar-refractivity contribution in [1.29, 1.82) is 0 Å². The number of nitrogens with one attached hydrogen (secondary N) is 1. The van der Waals surface area contributed by atoms with E-state index in [1.165, 1.54) is 11.1 Å². The molecule has 0 aromatic heterocycles. The number of amides is 2. The van der Waals surface area contributed by atoms with Crippen molar-refractivity contribution in [2.45, 2.75) is 69.9 Å². The predicted molar refractivity (Wildman–Crippen MR) is 133 cm³/mol. The molecule has 2 atom stereocenters. The Hall–Kier alpha value is -3.35. The molecule has 2 unspecified atom stereocenters. The molecule has 0 spiro atoms. The highest BCUT2D eigenvalue weighted by molar-refractivity contribution is 5.79. The fourth-order valence-electron chi connectivity index (χ4n) is 5.37. The molecule has 1 fully saturated rings. The lowest BCUT2D eigenvalue weighted by atomic mass is 9.98. The number of aliphatic carboxylic acids is 1. The van der Waals surface area contributed by atoms with Gasteiger partial charge >= 0.3 is 12.1 Å². The number of alkyl carbamates (subject to hydrolysis) is 1. The summed E-state index contributed by atoms with van der Waals surface area (Å²) in [5, 5.41) is 12.1. The number of carboxylic acids is 1. The molecule has 2 amide bonds. The van der Waals surface area contributed by atoms with Crippen LogP contribution in [-0.4, -0.2) is 53.2 Å². The topological polar surface area (TPSA) is 95.9 Å². The van der Waals surface area contributed by atoms with Crippen LogP contribution in [0.25, 0.3) is 11.1 Å². The molecule has 0 bridgehead atoms. The zero-order chi connectivity index (χ0) is 24.8. The molecular weight excluding hydrogens is 444 g/mol. The van der Waals surface area contributed by atoms with E-state index in [9.17, 15) is 14.4 Å². The van der Waals surface area contributed by atoms with Crippen molar-refractivity contribution < 1.29 is 24.2 Å². The molecule has 1 aliphatic carbocycles. The largest absolute Gasteiger partial charge is 0.481 e. The van der Waals surface area contributed by atoms with Gasteiger partial charge in [0.25, 0.3) is 0 Å². The molecule has 2 aromatic rings. The van der Waals surface area contributed by atoms with Gasteiger partial charge in [-0.2, -0.15) is 0 Å². The van der Waals surface area contributed by atoms with Gasteiger partial charge in [-0.05, 0) is 54.4 Å². The Bertz CT molecular complexity index is 1020. The number of benzene rings is 2. The molecule has 35 heavy (non-hydrogen) atoms. The summed E-state index contributed by atoms with van der Waals surface area (Å²) in [5.41, 5.74) is 4.69. The zero-order valence-electron chi connectivity index (χ0n) is 20.2. The first-order valence-electron chi connectivity index (χ1n) is 12.6. The first-order chi connectivity index (χ1) is 17.0. The highest BCUT2D eigenvalue weighted by atomic mass is 16.5. The summed E-state index contributed by atoms with van der Waals surface area (Å²) in [5.74, 6) is -0.915. The Kier molecular flexibility index (Phi) is 8.06. The monoisotopic (exact) mass is 478 g/mol. The summed E-state index contributed by atoms with van der Waals surface area (Å²) < 4.78 is 5.65. The maximum Gasteiger partial charge on any atom is 0.407 e. The van der Waals surface area contributed by atoms with E-state index in [1.54, 1.807) is 4.90 Å². The summed E-state index contributed by atoms with van der Waals surface area (Å²) in [6, 6.07) is 16.0. The van der Waals surface area contributed by atoms with Crippen molar-refractivity contribution in [3.63, 3.8) is 0 Å². The summed E-state index contributed by atoms with van der Waals surface area (Å²) in [7, 11) is 0. The minimum atomic E-state index is -0.877. The zero-order valence-corrected chi connectivity index (χ0v) is 20.2. The van der Waals surface area contributed by atoms with E-state index < -0.39 is 12.1 Å². The molecule has 2 aromatic carbocycles. The predicted octanol–water partition coefficient (Wildman–Crippen LogP) is 4.94. The lowest BCUT2D eigenvalue weighted by Gasteiger charge is -2.35. The summed E-state index contributed by atoms with van der Waals surface area (Å²) >= 11 is 0. The van der Waals surface area contributed by atoms with E-state index in [2.05, 4.69) is 29.6 Å². The van der Waals surface area contributed by atoms with E-state index in [-0.39, 0.29) is 43.4 Å². The third kappa shape index (κ3) is 5.84. The Labute approximate surface area is 206 Å². The van der Waals surface area contributed by atoms with Gasteiger partial charge in [0, 0.05) is 31.0 Å². The smallest absolute Gasteiger partial charge is 0.407 e. The minimum Gasteiger partial charge on any atom is -0.481 e. The van der Waals surface area contributed by atoms with Crippen LogP contribution in [0, 0.1) is 0 Å². The van der Waals surface area contributed by atoms with Crippen molar-refractivity contribution in [2.75, 3.05) is 13.2 Å². The molecule has 1 heterocycles. The quantitative estimate of drug-likeness (QED) is 0.532. The Morgan fingerprint density at radius 2 is 1.71 bits per heavy atom. The number of carboxylic acid groups (broad SMARTS) is 1. The van der Waals surface area contributed by atoms with Gasteiger partial charge in [-0.25, -0.2) is 4.79 Å². The van der Waals surface area contributed by atoms with Gasteiger partial charge in [0.2, 0.25) is 5.91 Å². The highest BCUT2D eigenvalue weighted by Crippen LogP contribution is 2.44. The molecule has 1 saturated heterocycles. The van der Waals surface area contributed by atoms with Gasteiger partial charge < -0.3 is 20.1 Å². The number of hydrogen-bond donors (Lipinski definition) is 2. The van der Waals surface area contributed by atoms with Crippen molar-refractivity contribution in [3.8, 4) is 11.1 Å². The van der Waals surface area contributed by atoms with Gasteiger partial charge in [0.1, 0.15) is 6.61 Å². The number of rotatable bonds is 9. The molecule has 1 aliphatic heterocycles. The average Bonchev–Trinajstić information content (AvgIpc) is 3.18. The van der Waals surface area contributed by atoms with Crippen LogP contribution in [0.2, 0.25) is 0 Å². The maximum absolute atomic E-state index is 12.8. The Morgan fingerprint density at radius 1 is 1.06 bits per heavy atom. The third-order valence-electron chi connectivity index (χ3n) is 7.22. The summed E-state index contributed by atoms with van der Waals surface area (Å²) in [4.78, 5) is 38.3. The first-order valence-corrected chi connectivity index (χ1v) is 12.6. The summed E-state index contributed by atoms with van der Waals surface area (Å²) in [6.07, 6.45) is 3.53. The minimum absolute atomic E-state index is 0.0000690. The van der Waals surface area contributed by atoms with Crippen LogP contribution in [0.5, 0.6) is 0 Å². The molecule has 4 rings (SSSR count). The standard InChI is InChI=1S/C28H34N2O5/c1-2-19(14-15-26(31)30-16-8-7-9-20(30)17-27(32)33)29-28(34)35-18-25-23-12-5-3-10-21(23)22-11-4-6-13-24(22)25/h3-6,10-13,19-20,25H,2,7-9,14-18H2,1H3,(H,29,34)(H,32,33). The lowest BCUT2D eigenvalue weighted by molar-refractivity contribution is -0.142. The molecule has 186 valence electrons. The van der Waals surface area contributed by atoms with Crippen LogP contribution in [0.4, 0.5) is 4.79 Å². The van der Waals surface area contributed by atoms with E-state index in [0.29, 0.717) is 19.4 Å². The van der Waals surface area contributed by atoms with E-state index in [1.807, 2.05) is 31.2 Å². The van der Waals surface area contributed by atoms with Gasteiger partial charge in [0.05, 0.1) is 6.42 Å². The Morgan fingerprint density at radius 3 is 2.34 bits per heavy atom. The van der Waals surface area contributed by atoms with Crippen molar-refractivity contribution in [2.24, 2.45) is 0 Å². The molecule has 0 radical (unpaired) electrons. The number of ether oxygens (including phenoxy) is 1. The molecule has 2 N–H and O–H groups in total. The third-order valence-corrected chi connectivity index (χ3v) is 7.22. The second-order valence-electron chi connectivity index (χ2n) is 9.45. The van der Waals surface area contributed by atoms with Crippen LogP contribution >= 0.6 is 0 Å². The number of carbonyl (C=O) groups excluding carboxylic acids is 2. The number of likely N-dealkylation sites (tertiary alicyclic amines) is 1. The number of fused-ring (bicyclic) bond motifs is 3. The molecule has 7 heteroatoms. The van der Waals surface area contributed by atoms with Crippen molar-refractivity contribution in [3.05, 3.63) is 59.7 Å². The SMILES string of the molecule is CCC(CCC(=O)N1CCCCC1CC(=O)O)NC(=O)OCC1c2ccccc2-c2ccccc21. The normalized spacial score (nSPS) is 17.9. The maximum atomic E-state index is 12.8. The second-order valence-corrected chi connectivity index (χ2v) is 9.45. The fourth-order valence-corrected chi connectivity index (χ4v) is 5.37.